The number of benzene rings is 3. The SMILES string of the molecule is Cl.O=C1CC(=O)N(c2ccc(-n3nnnc3CCc3ccncc3)cc2)c2ccc3ccccc3c2N1. The molecular weight excluding hydrogens is 490 g/mol. The van der Waals surface area contributed by atoms with E-state index in [0.29, 0.717) is 23.5 Å². The lowest BCUT2D eigenvalue weighted by molar-refractivity contribution is -0.124. The van der Waals surface area contributed by atoms with Crippen LogP contribution in [-0.2, 0) is 22.4 Å². The first-order chi connectivity index (χ1) is 17.7. The molecule has 1 aliphatic rings. The molecule has 0 aliphatic carbocycles. The summed E-state index contributed by atoms with van der Waals surface area (Å²) in [4.78, 5) is 31.3. The first-order valence-electron chi connectivity index (χ1n) is 11.6. The minimum Gasteiger partial charge on any atom is -0.323 e. The quantitative estimate of drug-likeness (QED) is 0.350. The molecule has 1 N–H and O–H groups in total. The van der Waals surface area contributed by atoms with Crippen molar-refractivity contribution in [3.63, 3.8) is 0 Å². The number of fused-ring (bicyclic) bond motifs is 3. The van der Waals surface area contributed by atoms with Crippen LogP contribution in [0.2, 0.25) is 0 Å². The van der Waals surface area contributed by atoms with Gasteiger partial charge in [0, 0.05) is 29.9 Å². The fourth-order valence-electron chi connectivity index (χ4n) is 4.51. The molecule has 5 aromatic rings. The molecule has 0 atom stereocenters. The highest BCUT2D eigenvalue weighted by Crippen LogP contribution is 2.40. The average molecular weight is 512 g/mol. The van der Waals surface area contributed by atoms with Gasteiger partial charge in [-0.1, -0.05) is 30.3 Å². The van der Waals surface area contributed by atoms with Crippen molar-refractivity contribution >= 4 is 52.1 Å². The maximum absolute atomic E-state index is 13.1. The van der Waals surface area contributed by atoms with Crippen LogP contribution in [0.5, 0.6) is 0 Å². The van der Waals surface area contributed by atoms with Gasteiger partial charge in [0.25, 0.3) is 0 Å². The monoisotopic (exact) mass is 511 g/mol. The van der Waals surface area contributed by atoms with Gasteiger partial charge >= 0.3 is 0 Å². The van der Waals surface area contributed by atoms with Crippen molar-refractivity contribution in [1.29, 1.82) is 0 Å². The minimum atomic E-state index is -0.329. The summed E-state index contributed by atoms with van der Waals surface area (Å²) in [5.74, 6) is 0.107. The number of hydrogen-bond acceptors (Lipinski definition) is 6. The van der Waals surface area contributed by atoms with Crippen LogP contribution in [0.4, 0.5) is 17.1 Å². The Morgan fingerprint density at radius 2 is 1.59 bits per heavy atom. The largest absolute Gasteiger partial charge is 0.323 e. The molecule has 9 nitrogen and oxygen atoms in total. The zero-order chi connectivity index (χ0) is 24.5. The van der Waals surface area contributed by atoms with Gasteiger partial charge in [0.2, 0.25) is 11.8 Å². The number of nitrogens with zero attached hydrogens (tertiary/aromatic N) is 6. The van der Waals surface area contributed by atoms with Gasteiger partial charge in [0.1, 0.15) is 6.42 Å². The molecule has 2 amide bonds. The van der Waals surface area contributed by atoms with Gasteiger partial charge < -0.3 is 5.32 Å². The topological polar surface area (TPSA) is 106 Å². The molecule has 0 saturated carbocycles. The third-order valence-electron chi connectivity index (χ3n) is 6.25. The van der Waals surface area contributed by atoms with Crippen LogP contribution in [0.1, 0.15) is 17.8 Å². The summed E-state index contributed by atoms with van der Waals surface area (Å²) in [5, 5.41) is 17.0. The van der Waals surface area contributed by atoms with Crippen molar-refractivity contribution in [2.45, 2.75) is 19.3 Å². The zero-order valence-corrected chi connectivity index (χ0v) is 20.4. The van der Waals surface area contributed by atoms with Gasteiger partial charge in [-0.2, -0.15) is 4.68 Å². The summed E-state index contributed by atoms with van der Waals surface area (Å²) in [6, 6.07) is 23.0. The number of aryl methyl sites for hydroxylation is 2. The number of hydrogen-bond donors (Lipinski definition) is 1. The number of halogens is 1. The molecule has 37 heavy (non-hydrogen) atoms. The molecule has 0 spiro atoms. The number of rotatable bonds is 5. The second-order valence-electron chi connectivity index (χ2n) is 8.51. The zero-order valence-electron chi connectivity index (χ0n) is 19.6. The Morgan fingerprint density at radius 1 is 0.838 bits per heavy atom. The highest BCUT2D eigenvalue weighted by Gasteiger charge is 2.28. The molecule has 3 heterocycles. The first kappa shape index (κ1) is 24.1. The summed E-state index contributed by atoms with van der Waals surface area (Å²) >= 11 is 0. The van der Waals surface area contributed by atoms with Crippen molar-refractivity contribution in [3.8, 4) is 5.69 Å². The summed E-state index contributed by atoms with van der Waals surface area (Å²) in [6.45, 7) is 0. The molecular formula is C27H22ClN7O2. The molecule has 0 bridgehead atoms. The second-order valence-corrected chi connectivity index (χ2v) is 8.51. The molecule has 184 valence electrons. The van der Waals surface area contributed by atoms with E-state index in [4.69, 9.17) is 0 Å². The van der Waals surface area contributed by atoms with E-state index in [0.717, 1.165) is 34.3 Å². The summed E-state index contributed by atoms with van der Waals surface area (Å²) in [7, 11) is 0. The van der Waals surface area contributed by atoms with Gasteiger partial charge in [-0.25, -0.2) is 0 Å². The Labute approximate surface area is 218 Å². The van der Waals surface area contributed by atoms with E-state index in [1.54, 1.807) is 22.0 Å². The van der Waals surface area contributed by atoms with Gasteiger partial charge in [-0.3, -0.25) is 19.5 Å². The van der Waals surface area contributed by atoms with Crippen LogP contribution in [0.15, 0.2) is 85.2 Å². The Bertz CT molecular complexity index is 1590. The number of carbonyl (C=O) groups is 2. The molecule has 0 fully saturated rings. The Hall–Kier alpha value is -4.63. The van der Waals surface area contributed by atoms with Gasteiger partial charge in [0.05, 0.1) is 17.1 Å². The Morgan fingerprint density at radius 3 is 2.41 bits per heavy atom. The molecule has 0 radical (unpaired) electrons. The van der Waals surface area contributed by atoms with Gasteiger partial charge in [-0.05, 0) is 70.3 Å². The molecule has 1 aliphatic heterocycles. The molecule has 3 aromatic carbocycles. The van der Waals surface area contributed by atoms with Gasteiger partial charge in [-0.15, -0.1) is 17.5 Å². The highest BCUT2D eigenvalue weighted by atomic mass is 35.5. The smallest absolute Gasteiger partial charge is 0.241 e. The van der Waals surface area contributed by atoms with Crippen molar-refractivity contribution in [2.24, 2.45) is 0 Å². The van der Waals surface area contributed by atoms with Gasteiger partial charge in [0.15, 0.2) is 5.82 Å². The molecule has 0 saturated heterocycles. The standard InChI is InChI=1S/C27H21N7O2.ClH/c35-25-17-26(36)33(23-11-6-19-3-1-2-4-22(19)27(23)29-25)20-7-9-21(10-8-20)34-24(30-31-32-34)12-5-18-13-15-28-16-14-18;/h1-4,6-11,13-16H,5,12,17H2,(H,29,35);1H. The van der Waals surface area contributed by atoms with E-state index < -0.39 is 0 Å². The van der Waals surface area contributed by atoms with E-state index in [-0.39, 0.29) is 30.6 Å². The summed E-state index contributed by atoms with van der Waals surface area (Å²) < 4.78 is 1.70. The van der Waals surface area contributed by atoms with Crippen molar-refractivity contribution in [2.75, 3.05) is 10.2 Å². The van der Waals surface area contributed by atoms with E-state index in [1.807, 2.05) is 72.8 Å². The van der Waals surface area contributed by atoms with Crippen LogP contribution in [0, 0.1) is 0 Å². The predicted molar refractivity (Wildman–Crippen MR) is 142 cm³/mol. The summed E-state index contributed by atoms with van der Waals surface area (Å²) in [5.41, 5.74) is 3.86. The lowest BCUT2D eigenvalue weighted by Gasteiger charge is -2.23. The lowest BCUT2D eigenvalue weighted by Crippen LogP contribution is -2.26. The van der Waals surface area contributed by atoms with Crippen LogP contribution in [0.25, 0.3) is 16.5 Å². The normalized spacial score (nSPS) is 13.0. The average Bonchev–Trinajstić information content (AvgIpc) is 3.33. The van der Waals surface area contributed by atoms with E-state index >= 15 is 0 Å². The van der Waals surface area contributed by atoms with E-state index in [9.17, 15) is 9.59 Å². The van der Waals surface area contributed by atoms with Crippen LogP contribution in [-0.4, -0.2) is 37.0 Å². The third kappa shape index (κ3) is 4.64. The van der Waals surface area contributed by atoms with Crippen molar-refractivity contribution < 1.29 is 9.59 Å². The minimum absolute atomic E-state index is 0. The Balaban J connectivity index is 0.00000280. The molecule has 6 rings (SSSR count). The van der Waals surface area contributed by atoms with Crippen molar-refractivity contribution in [1.82, 2.24) is 25.2 Å². The van der Waals surface area contributed by atoms with Crippen molar-refractivity contribution in [3.05, 3.63) is 96.6 Å². The summed E-state index contributed by atoms with van der Waals surface area (Å²) in [6.07, 6.45) is 4.75. The molecule has 2 aromatic heterocycles. The maximum atomic E-state index is 13.1. The fraction of sp³-hybridized carbons (Fsp3) is 0.111. The Kier molecular flexibility index (Phi) is 6.61. The van der Waals surface area contributed by atoms with E-state index in [1.165, 1.54) is 0 Å². The van der Waals surface area contributed by atoms with Crippen LogP contribution < -0.4 is 10.2 Å². The van der Waals surface area contributed by atoms with Crippen LogP contribution in [0.3, 0.4) is 0 Å². The fourth-order valence-corrected chi connectivity index (χ4v) is 4.51. The molecule has 10 heteroatoms. The first-order valence-corrected chi connectivity index (χ1v) is 11.6. The molecule has 0 unspecified atom stereocenters. The number of amides is 2. The predicted octanol–water partition coefficient (Wildman–Crippen LogP) is 4.42. The number of carbonyl (C=O) groups excluding carboxylic acids is 2. The number of nitrogens with one attached hydrogen (secondary N) is 1. The number of pyridine rings is 1. The number of aromatic nitrogens is 5. The number of anilines is 3. The third-order valence-corrected chi connectivity index (χ3v) is 6.25. The van der Waals surface area contributed by atoms with Crippen LogP contribution >= 0.6 is 12.4 Å². The highest BCUT2D eigenvalue weighted by molar-refractivity contribution is 6.21. The second kappa shape index (κ2) is 10.2. The number of tetrazole rings is 1. The maximum Gasteiger partial charge on any atom is 0.241 e. The van der Waals surface area contributed by atoms with E-state index in [2.05, 4.69) is 25.8 Å². The lowest BCUT2D eigenvalue weighted by atomic mass is 10.1.